The molecule has 0 aliphatic carbocycles. The summed E-state index contributed by atoms with van der Waals surface area (Å²) in [4.78, 5) is 13.9. The van der Waals surface area contributed by atoms with Gasteiger partial charge in [0.25, 0.3) is 0 Å². The number of phenolic OH excluding ortho intramolecular Hbond substituents is 1. The van der Waals surface area contributed by atoms with E-state index in [9.17, 15) is 9.90 Å². The number of piperidine rings is 1. The van der Waals surface area contributed by atoms with E-state index in [1.54, 1.807) is 30.4 Å². The molecule has 1 N–H and O–H groups in total. The molecule has 1 aliphatic rings. The molecule has 0 bridgehead atoms. The predicted octanol–water partition coefficient (Wildman–Crippen LogP) is 2.67. The molecule has 1 amide bonds. The van der Waals surface area contributed by atoms with E-state index in [0.717, 1.165) is 31.5 Å². The average Bonchev–Trinajstić information content (AvgIpc) is 2.46. The summed E-state index contributed by atoms with van der Waals surface area (Å²) in [5, 5.41) is 9.52. The van der Waals surface area contributed by atoms with Gasteiger partial charge >= 0.3 is 0 Å². The second-order valence-electron chi connectivity index (χ2n) is 5.27. The molecule has 1 aromatic rings. The van der Waals surface area contributed by atoms with Crippen LogP contribution in [0.2, 0.25) is 0 Å². The quantitative estimate of drug-likeness (QED) is 0.863. The monoisotopic (exact) mass is 275 g/mol. The van der Waals surface area contributed by atoms with E-state index in [0.29, 0.717) is 11.7 Å². The van der Waals surface area contributed by atoms with Crippen LogP contribution in [-0.4, -0.2) is 36.1 Å². The normalized spacial score (nSPS) is 16.6. The Morgan fingerprint density at radius 3 is 2.75 bits per heavy atom. The highest BCUT2D eigenvalue weighted by Gasteiger charge is 2.18. The van der Waals surface area contributed by atoms with Crippen LogP contribution in [0, 0.1) is 5.92 Å². The number of carbonyl (C=O) groups excluding carboxylic acids is 1. The minimum Gasteiger partial charge on any atom is -0.504 e. The maximum atomic E-state index is 12.1. The number of hydrogen-bond acceptors (Lipinski definition) is 3. The van der Waals surface area contributed by atoms with Crippen molar-refractivity contribution in [2.24, 2.45) is 5.92 Å². The first-order valence-corrected chi connectivity index (χ1v) is 6.94. The van der Waals surface area contributed by atoms with Gasteiger partial charge in [-0.1, -0.05) is 13.0 Å². The highest BCUT2D eigenvalue weighted by Crippen LogP contribution is 2.26. The van der Waals surface area contributed by atoms with Crippen LogP contribution in [0.15, 0.2) is 24.3 Å². The number of nitrogens with zero attached hydrogens (tertiary/aromatic N) is 1. The Bertz CT molecular complexity index is 502. The Morgan fingerprint density at radius 1 is 1.40 bits per heavy atom. The Balaban J connectivity index is 2.00. The molecule has 1 aliphatic heterocycles. The standard InChI is InChI=1S/C16H21NO3/c1-12-7-9-17(10-8-12)16(19)6-4-13-3-5-14(18)15(11-13)20-2/h3-6,11-12,18H,7-10H2,1-2H3/b6-4+. The van der Waals surface area contributed by atoms with Crippen LogP contribution in [0.3, 0.4) is 0 Å². The van der Waals surface area contributed by atoms with Crippen LogP contribution in [-0.2, 0) is 4.79 Å². The number of benzene rings is 1. The average molecular weight is 275 g/mol. The van der Waals surface area contributed by atoms with Gasteiger partial charge in [0.2, 0.25) is 5.91 Å². The molecule has 0 aromatic heterocycles. The van der Waals surface area contributed by atoms with Crippen LogP contribution < -0.4 is 4.74 Å². The number of hydrogen-bond donors (Lipinski definition) is 1. The van der Waals surface area contributed by atoms with Gasteiger partial charge in [0, 0.05) is 19.2 Å². The summed E-state index contributed by atoms with van der Waals surface area (Å²) in [7, 11) is 1.50. The molecule has 4 heteroatoms. The highest BCUT2D eigenvalue weighted by molar-refractivity contribution is 5.91. The van der Waals surface area contributed by atoms with Gasteiger partial charge in [0.05, 0.1) is 7.11 Å². The zero-order valence-electron chi connectivity index (χ0n) is 12.0. The summed E-state index contributed by atoms with van der Waals surface area (Å²) in [5.74, 6) is 1.26. The number of phenols is 1. The minimum absolute atomic E-state index is 0.0453. The smallest absolute Gasteiger partial charge is 0.246 e. The van der Waals surface area contributed by atoms with Crippen molar-refractivity contribution in [3.63, 3.8) is 0 Å². The maximum Gasteiger partial charge on any atom is 0.246 e. The molecule has 20 heavy (non-hydrogen) atoms. The first-order chi connectivity index (χ1) is 9.60. The van der Waals surface area contributed by atoms with E-state index in [1.807, 2.05) is 4.90 Å². The second-order valence-corrected chi connectivity index (χ2v) is 5.27. The van der Waals surface area contributed by atoms with Crippen molar-refractivity contribution in [3.05, 3.63) is 29.8 Å². The zero-order valence-corrected chi connectivity index (χ0v) is 12.0. The van der Waals surface area contributed by atoms with E-state index in [-0.39, 0.29) is 11.7 Å². The second kappa shape index (κ2) is 6.46. The van der Waals surface area contributed by atoms with Gasteiger partial charge in [0.1, 0.15) is 0 Å². The van der Waals surface area contributed by atoms with Crippen molar-refractivity contribution in [2.75, 3.05) is 20.2 Å². The number of likely N-dealkylation sites (tertiary alicyclic amines) is 1. The van der Waals surface area contributed by atoms with Gasteiger partial charge in [-0.25, -0.2) is 0 Å². The summed E-state index contributed by atoms with van der Waals surface area (Å²) in [6.45, 7) is 3.90. The van der Waals surface area contributed by atoms with Gasteiger partial charge in [-0.15, -0.1) is 0 Å². The fourth-order valence-electron chi connectivity index (χ4n) is 2.30. The van der Waals surface area contributed by atoms with Crippen molar-refractivity contribution in [1.82, 2.24) is 4.90 Å². The van der Waals surface area contributed by atoms with Crippen LogP contribution in [0.1, 0.15) is 25.3 Å². The molecule has 0 spiro atoms. The molecule has 108 valence electrons. The summed E-state index contributed by atoms with van der Waals surface area (Å²) < 4.78 is 5.04. The SMILES string of the molecule is COc1cc(/C=C/C(=O)N2CCC(C)CC2)ccc1O. The van der Waals surface area contributed by atoms with Crippen molar-refractivity contribution in [3.8, 4) is 11.5 Å². The Morgan fingerprint density at radius 2 is 2.10 bits per heavy atom. The first kappa shape index (κ1) is 14.4. The Hall–Kier alpha value is -1.97. The summed E-state index contributed by atoms with van der Waals surface area (Å²) in [5.41, 5.74) is 0.832. The number of methoxy groups -OCH3 is 1. The fraction of sp³-hybridized carbons (Fsp3) is 0.438. The molecule has 0 unspecified atom stereocenters. The maximum absolute atomic E-state index is 12.1. The van der Waals surface area contributed by atoms with E-state index in [1.165, 1.54) is 7.11 Å². The molecule has 0 atom stereocenters. The van der Waals surface area contributed by atoms with Crippen LogP contribution >= 0.6 is 0 Å². The third kappa shape index (κ3) is 3.53. The van der Waals surface area contributed by atoms with Crippen molar-refractivity contribution in [1.29, 1.82) is 0 Å². The molecule has 2 rings (SSSR count). The lowest BCUT2D eigenvalue weighted by Gasteiger charge is -2.29. The van der Waals surface area contributed by atoms with Crippen molar-refractivity contribution >= 4 is 12.0 Å². The van der Waals surface area contributed by atoms with Crippen molar-refractivity contribution < 1.29 is 14.6 Å². The Kier molecular flexibility index (Phi) is 4.66. The third-order valence-corrected chi connectivity index (χ3v) is 3.72. The van der Waals surface area contributed by atoms with Gasteiger partial charge in [0.15, 0.2) is 11.5 Å². The molecular formula is C16H21NO3. The number of amides is 1. The van der Waals surface area contributed by atoms with Crippen molar-refractivity contribution in [2.45, 2.75) is 19.8 Å². The lowest BCUT2D eigenvalue weighted by Crippen LogP contribution is -2.36. The number of carbonyl (C=O) groups is 1. The third-order valence-electron chi connectivity index (χ3n) is 3.72. The van der Waals surface area contributed by atoms with E-state index in [4.69, 9.17) is 4.74 Å². The summed E-state index contributed by atoms with van der Waals surface area (Å²) in [6, 6.07) is 5.02. The van der Waals surface area contributed by atoms with Gasteiger partial charge in [-0.3, -0.25) is 4.79 Å². The molecule has 1 fully saturated rings. The van der Waals surface area contributed by atoms with Crippen LogP contribution in [0.4, 0.5) is 0 Å². The van der Waals surface area contributed by atoms with Gasteiger partial charge in [-0.05, 0) is 42.5 Å². The van der Waals surface area contributed by atoms with E-state index >= 15 is 0 Å². The molecule has 1 heterocycles. The Labute approximate surface area is 119 Å². The minimum atomic E-state index is 0.0453. The molecule has 0 saturated carbocycles. The molecular weight excluding hydrogens is 254 g/mol. The van der Waals surface area contributed by atoms with Gasteiger partial charge in [-0.2, -0.15) is 0 Å². The lowest BCUT2D eigenvalue weighted by molar-refractivity contribution is -0.127. The number of aromatic hydroxyl groups is 1. The largest absolute Gasteiger partial charge is 0.504 e. The first-order valence-electron chi connectivity index (χ1n) is 6.94. The van der Waals surface area contributed by atoms with Crippen LogP contribution in [0.5, 0.6) is 11.5 Å². The lowest BCUT2D eigenvalue weighted by atomic mass is 9.99. The molecule has 1 aromatic carbocycles. The number of rotatable bonds is 3. The molecule has 0 radical (unpaired) electrons. The molecule has 1 saturated heterocycles. The highest BCUT2D eigenvalue weighted by atomic mass is 16.5. The zero-order chi connectivity index (χ0) is 14.5. The topological polar surface area (TPSA) is 49.8 Å². The number of ether oxygens (including phenoxy) is 1. The summed E-state index contributed by atoms with van der Waals surface area (Å²) >= 11 is 0. The molecule has 4 nitrogen and oxygen atoms in total. The summed E-state index contributed by atoms with van der Waals surface area (Å²) in [6.07, 6.45) is 5.49. The predicted molar refractivity (Wildman–Crippen MR) is 78.7 cm³/mol. The fourth-order valence-corrected chi connectivity index (χ4v) is 2.30. The van der Waals surface area contributed by atoms with Gasteiger partial charge < -0.3 is 14.7 Å². The van der Waals surface area contributed by atoms with E-state index < -0.39 is 0 Å². The van der Waals surface area contributed by atoms with E-state index in [2.05, 4.69) is 6.92 Å². The van der Waals surface area contributed by atoms with Crippen LogP contribution in [0.25, 0.3) is 6.08 Å².